The van der Waals surface area contributed by atoms with E-state index in [2.05, 4.69) is 15.3 Å². The third-order valence-electron chi connectivity index (χ3n) is 3.55. The summed E-state index contributed by atoms with van der Waals surface area (Å²) in [6, 6.07) is 3.15. The molecule has 0 aliphatic heterocycles. The lowest BCUT2D eigenvalue weighted by Gasteiger charge is -2.11. The van der Waals surface area contributed by atoms with E-state index >= 15 is 0 Å². The zero-order chi connectivity index (χ0) is 17.9. The molecule has 0 spiro atoms. The van der Waals surface area contributed by atoms with Crippen molar-refractivity contribution >= 4 is 52.2 Å². The van der Waals surface area contributed by atoms with Gasteiger partial charge in [0.05, 0.1) is 15.7 Å². The SMILES string of the molecule is CSc1nc(C)c(CCC(=O)Nc2cc(Cl)c(N)c(Cl)c2)c(C)n1. The molecule has 0 saturated heterocycles. The molecule has 0 bridgehead atoms. The smallest absolute Gasteiger partial charge is 0.224 e. The molecule has 5 nitrogen and oxygen atoms in total. The van der Waals surface area contributed by atoms with Crippen molar-refractivity contribution in [3.8, 4) is 0 Å². The van der Waals surface area contributed by atoms with Gasteiger partial charge in [0.2, 0.25) is 5.91 Å². The van der Waals surface area contributed by atoms with Gasteiger partial charge >= 0.3 is 0 Å². The number of benzene rings is 1. The highest BCUT2D eigenvalue weighted by molar-refractivity contribution is 7.98. The monoisotopic (exact) mass is 384 g/mol. The van der Waals surface area contributed by atoms with Crippen LogP contribution in [0.15, 0.2) is 17.3 Å². The molecule has 8 heteroatoms. The van der Waals surface area contributed by atoms with Crippen molar-refractivity contribution in [2.75, 3.05) is 17.3 Å². The van der Waals surface area contributed by atoms with Gasteiger partial charge in [0.25, 0.3) is 0 Å². The summed E-state index contributed by atoms with van der Waals surface area (Å²) in [6.07, 6.45) is 2.81. The van der Waals surface area contributed by atoms with Crippen LogP contribution in [0.4, 0.5) is 11.4 Å². The molecular weight excluding hydrogens is 367 g/mol. The molecule has 2 aromatic rings. The van der Waals surface area contributed by atoms with Gasteiger partial charge in [0.15, 0.2) is 5.16 Å². The molecule has 0 unspecified atom stereocenters. The molecule has 3 N–H and O–H groups in total. The van der Waals surface area contributed by atoms with Gasteiger partial charge < -0.3 is 11.1 Å². The van der Waals surface area contributed by atoms with E-state index in [9.17, 15) is 4.79 Å². The maximum Gasteiger partial charge on any atom is 0.224 e. The minimum atomic E-state index is -0.139. The summed E-state index contributed by atoms with van der Waals surface area (Å²) in [5, 5.41) is 4.14. The van der Waals surface area contributed by atoms with Gasteiger partial charge in [-0.2, -0.15) is 0 Å². The Morgan fingerprint density at radius 1 is 1.21 bits per heavy atom. The van der Waals surface area contributed by atoms with Crippen LogP contribution in [0.25, 0.3) is 0 Å². The standard InChI is InChI=1S/C16H18Cl2N4OS/c1-8-11(9(2)21-16(20-8)24-3)4-5-14(23)22-10-6-12(17)15(19)13(18)7-10/h6-7H,4-5,19H2,1-3H3,(H,22,23). The largest absolute Gasteiger partial charge is 0.396 e. The number of nitrogens with two attached hydrogens (primary N) is 1. The summed E-state index contributed by atoms with van der Waals surface area (Å²) < 4.78 is 0. The first-order valence-electron chi connectivity index (χ1n) is 7.24. The van der Waals surface area contributed by atoms with Gasteiger partial charge in [-0.05, 0) is 44.2 Å². The Hall–Kier alpha value is -1.50. The molecule has 0 aliphatic carbocycles. The van der Waals surface area contributed by atoms with E-state index < -0.39 is 0 Å². The normalized spacial score (nSPS) is 10.7. The zero-order valence-electron chi connectivity index (χ0n) is 13.6. The fourth-order valence-electron chi connectivity index (χ4n) is 2.28. The Morgan fingerprint density at radius 3 is 2.25 bits per heavy atom. The first kappa shape index (κ1) is 18.8. The second-order valence-corrected chi connectivity index (χ2v) is 6.85. The molecular formula is C16H18Cl2N4OS. The number of halogens is 2. The Bertz CT molecular complexity index is 737. The average molecular weight is 385 g/mol. The summed E-state index contributed by atoms with van der Waals surface area (Å²) >= 11 is 13.4. The van der Waals surface area contributed by atoms with E-state index in [-0.39, 0.29) is 5.91 Å². The lowest BCUT2D eigenvalue weighted by atomic mass is 10.1. The van der Waals surface area contributed by atoms with Crippen LogP contribution in [0.3, 0.4) is 0 Å². The minimum Gasteiger partial charge on any atom is -0.396 e. The summed E-state index contributed by atoms with van der Waals surface area (Å²) in [5.41, 5.74) is 9.30. The number of thioether (sulfide) groups is 1. The number of hydrogen-bond donors (Lipinski definition) is 2. The van der Waals surface area contributed by atoms with E-state index in [0.29, 0.717) is 34.3 Å². The molecule has 24 heavy (non-hydrogen) atoms. The Balaban J connectivity index is 2.04. The number of carbonyl (C=O) groups is 1. The number of amides is 1. The summed E-state index contributed by atoms with van der Waals surface area (Å²) in [4.78, 5) is 21.0. The summed E-state index contributed by atoms with van der Waals surface area (Å²) in [7, 11) is 0. The van der Waals surface area contributed by atoms with Crippen molar-refractivity contribution < 1.29 is 4.79 Å². The summed E-state index contributed by atoms with van der Waals surface area (Å²) in [5.74, 6) is -0.139. The first-order valence-corrected chi connectivity index (χ1v) is 9.22. The minimum absolute atomic E-state index is 0.139. The first-order chi connectivity index (χ1) is 11.3. The number of rotatable bonds is 5. The average Bonchev–Trinajstić information content (AvgIpc) is 2.51. The fourth-order valence-corrected chi connectivity index (χ4v) is 3.22. The number of hydrogen-bond acceptors (Lipinski definition) is 5. The Morgan fingerprint density at radius 2 is 1.75 bits per heavy atom. The van der Waals surface area contributed by atoms with Crippen LogP contribution in [-0.2, 0) is 11.2 Å². The second kappa shape index (κ2) is 8.05. The van der Waals surface area contributed by atoms with E-state index in [0.717, 1.165) is 22.1 Å². The molecule has 0 aliphatic rings. The Labute approximate surface area is 155 Å². The van der Waals surface area contributed by atoms with Crippen LogP contribution in [0.5, 0.6) is 0 Å². The van der Waals surface area contributed by atoms with Crippen molar-refractivity contribution in [1.82, 2.24) is 9.97 Å². The molecule has 1 heterocycles. The highest BCUT2D eigenvalue weighted by Gasteiger charge is 2.12. The molecule has 2 rings (SSSR count). The highest BCUT2D eigenvalue weighted by Crippen LogP contribution is 2.31. The summed E-state index contributed by atoms with van der Waals surface area (Å²) in [6.45, 7) is 3.86. The quantitative estimate of drug-likeness (QED) is 0.456. The number of nitrogens with one attached hydrogen (secondary N) is 1. The van der Waals surface area contributed by atoms with Gasteiger partial charge in [0.1, 0.15) is 0 Å². The number of aryl methyl sites for hydroxylation is 2. The third-order valence-corrected chi connectivity index (χ3v) is 4.72. The molecule has 1 aromatic carbocycles. The predicted molar refractivity (Wildman–Crippen MR) is 101 cm³/mol. The molecule has 0 saturated carbocycles. The molecule has 0 fully saturated rings. The van der Waals surface area contributed by atoms with Crippen LogP contribution in [0.1, 0.15) is 23.4 Å². The van der Waals surface area contributed by atoms with Crippen LogP contribution in [0, 0.1) is 13.8 Å². The van der Waals surface area contributed by atoms with Crippen molar-refractivity contribution in [3.05, 3.63) is 39.1 Å². The van der Waals surface area contributed by atoms with Gasteiger partial charge in [-0.1, -0.05) is 35.0 Å². The van der Waals surface area contributed by atoms with Crippen LogP contribution >= 0.6 is 35.0 Å². The van der Waals surface area contributed by atoms with Gasteiger partial charge in [-0.25, -0.2) is 9.97 Å². The van der Waals surface area contributed by atoms with E-state index in [4.69, 9.17) is 28.9 Å². The third kappa shape index (κ3) is 4.53. The maximum absolute atomic E-state index is 12.2. The van der Waals surface area contributed by atoms with Crippen molar-refractivity contribution in [2.24, 2.45) is 0 Å². The Kier molecular flexibility index (Phi) is 6.32. The predicted octanol–water partition coefficient (Wildman–Crippen LogP) is 4.28. The number of carbonyl (C=O) groups excluding carboxylic acids is 1. The second-order valence-electron chi connectivity index (χ2n) is 5.26. The van der Waals surface area contributed by atoms with E-state index in [1.807, 2.05) is 20.1 Å². The topological polar surface area (TPSA) is 80.9 Å². The molecule has 128 valence electrons. The number of nitrogen functional groups attached to an aromatic ring is 1. The van der Waals surface area contributed by atoms with Gasteiger partial charge in [-0.15, -0.1) is 0 Å². The van der Waals surface area contributed by atoms with Gasteiger partial charge in [0, 0.05) is 23.5 Å². The lowest BCUT2D eigenvalue weighted by molar-refractivity contribution is -0.116. The van der Waals surface area contributed by atoms with E-state index in [1.165, 1.54) is 11.8 Å². The van der Waals surface area contributed by atoms with E-state index in [1.54, 1.807) is 12.1 Å². The number of aromatic nitrogens is 2. The molecule has 0 atom stereocenters. The van der Waals surface area contributed by atoms with Crippen molar-refractivity contribution in [2.45, 2.75) is 31.8 Å². The van der Waals surface area contributed by atoms with Crippen molar-refractivity contribution in [3.63, 3.8) is 0 Å². The lowest BCUT2D eigenvalue weighted by Crippen LogP contribution is -2.14. The maximum atomic E-state index is 12.2. The van der Waals surface area contributed by atoms with Crippen LogP contribution in [0.2, 0.25) is 10.0 Å². The molecule has 1 aromatic heterocycles. The molecule has 1 amide bonds. The van der Waals surface area contributed by atoms with Gasteiger partial charge in [-0.3, -0.25) is 4.79 Å². The highest BCUT2D eigenvalue weighted by atomic mass is 35.5. The number of anilines is 2. The van der Waals surface area contributed by atoms with Crippen LogP contribution in [-0.4, -0.2) is 22.1 Å². The molecule has 0 radical (unpaired) electrons. The van der Waals surface area contributed by atoms with Crippen molar-refractivity contribution in [1.29, 1.82) is 0 Å². The number of nitrogens with zero attached hydrogens (tertiary/aromatic N) is 2. The zero-order valence-corrected chi connectivity index (χ0v) is 15.9. The van der Waals surface area contributed by atoms with Crippen LogP contribution < -0.4 is 11.1 Å². The fraction of sp³-hybridized carbons (Fsp3) is 0.312.